The van der Waals surface area contributed by atoms with Crippen LogP contribution in [0.5, 0.6) is 5.75 Å². The summed E-state index contributed by atoms with van der Waals surface area (Å²) < 4.78 is 5.98. The molecular weight excluding hydrogens is 306 g/mol. The third-order valence-corrected chi connectivity index (χ3v) is 4.64. The average Bonchev–Trinajstić information content (AvgIpc) is 2.59. The van der Waals surface area contributed by atoms with Gasteiger partial charge in [-0.25, -0.2) is 0 Å². The van der Waals surface area contributed by atoms with Crippen LogP contribution in [-0.2, 0) is 6.42 Å². The zero-order valence-electron chi connectivity index (χ0n) is 16.3. The van der Waals surface area contributed by atoms with Crippen LogP contribution in [0.15, 0.2) is 48.5 Å². The summed E-state index contributed by atoms with van der Waals surface area (Å²) in [4.78, 5) is 0. The zero-order valence-corrected chi connectivity index (χ0v) is 16.3. The zero-order chi connectivity index (χ0) is 18.1. The smallest absolute Gasteiger partial charge is 0.122 e. The van der Waals surface area contributed by atoms with E-state index in [-0.39, 0.29) is 0 Å². The predicted octanol–water partition coefficient (Wildman–Crippen LogP) is 5.32. The van der Waals surface area contributed by atoms with Crippen LogP contribution in [0.3, 0.4) is 0 Å². The van der Waals surface area contributed by atoms with Gasteiger partial charge in [0.05, 0.1) is 6.61 Å². The van der Waals surface area contributed by atoms with E-state index in [0.29, 0.717) is 5.41 Å². The molecule has 0 bridgehead atoms. The number of hydrogen-bond acceptors (Lipinski definition) is 2. The van der Waals surface area contributed by atoms with Crippen LogP contribution in [0, 0.1) is 19.3 Å². The van der Waals surface area contributed by atoms with Gasteiger partial charge in [0.2, 0.25) is 0 Å². The summed E-state index contributed by atoms with van der Waals surface area (Å²) in [6.45, 7) is 11.8. The van der Waals surface area contributed by atoms with E-state index in [2.05, 4.69) is 81.5 Å². The fourth-order valence-electron chi connectivity index (χ4n) is 2.99. The lowest BCUT2D eigenvalue weighted by molar-refractivity contribution is 0.250. The van der Waals surface area contributed by atoms with E-state index >= 15 is 0 Å². The number of rotatable bonds is 10. The monoisotopic (exact) mass is 339 g/mol. The molecule has 25 heavy (non-hydrogen) atoms. The van der Waals surface area contributed by atoms with Crippen LogP contribution in [0.2, 0.25) is 0 Å². The minimum Gasteiger partial charge on any atom is -0.493 e. The molecule has 1 N–H and O–H groups in total. The third-order valence-electron chi connectivity index (χ3n) is 4.64. The molecule has 0 aromatic heterocycles. The van der Waals surface area contributed by atoms with Crippen molar-refractivity contribution < 1.29 is 4.74 Å². The van der Waals surface area contributed by atoms with Crippen LogP contribution >= 0.6 is 0 Å². The maximum absolute atomic E-state index is 5.98. The Hall–Kier alpha value is -1.80. The molecule has 0 saturated heterocycles. The molecule has 0 amide bonds. The van der Waals surface area contributed by atoms with Crippen LogP contribution in [-0.4, -0.2) is 19.7 Å². The van der Waals surface area contributed by atoms with E-state index in [1.165, 1.54) is 16.7 Å². The summed E-state index contributed by atoms with van der Waals surface area (Å²) in [5, 5.41) is 3.61. The van der Waals surface area contributed by atoms with Crippen molar-refractivity contribution in [3.63, 3.8) is 0 Å². The van der Waals surface area contributed by atoms with Gasteiger partial charge in [0.15, 0.2) is 0 Å². The Kier molecular flexibility index (Phi) is 7.52. The molecule has 0 aliphatic rings. The normalized spacial score (nSPS) is 11.5. The molecule has 2 heteroatoms. The highest BCUT2D eigenvalue weighted by Crippen LogP contribution is 2.23. The van der Waals surface area contributed by atoms with Gasteiger partial charge in [-0.15, -0.1) is 0 Å². The van der Waals surface area contributed by atoms with Gasteiger partial charge in [0.25, 0.3) is 0 Å². The first kappa shape index (κ1) is 19.5. The first-order chi connectivity index (χ1) is 12.0. The van der Waals surface area contributed by atoms with Crippen LogP contribution in [0.4, 0.5) is 0 Å². The lowest BCUT2D eigenvalue weighted by Crippen LogP contribution is -2.31. The predicted molar refractivity (Wildman–Crippen MR) is 107 cm³/mol. The average molecular weight is 340 g/mol. The standard InChI is InChI=1S/C23H33NO/c1-19-11-12-20(2)22(17-19)25-16-8-14-23(3,4)18-24-15-13-21-9-6-5-7-10-21/h5-7,9-12,17,24H,8,13-16,18H2,1-4H3. The van der Waals surface area contributed by atoms with E-state index in [0.717, 1.165) is 44.7 Å². The molecule has 0 fully saturated rings. The third kappa shape index (κ3) is 7.31. The minimum atomic E-state index is 0.293. The first-order valence-electron chi connectivity index (χ1n) is 9.41. The highest BCUT2D eigenvalue weighted by Gasteiger charge is 2.16. The van der Waals surface area contributed by atoms with Gasteiger partial charge in [0, 0.05) is 6.54 Å². The van der Waals surface area contributed by atoms with Gasteiger partial charge >= 0.3 is 0 Å². The fourth-order valence-corrected chi connectivity index (χ4v) is 2.99. The maximum Gasteiger partial charge on any atom is 0.122 e. The van der Waals surface area contributed by atoms with Crippen molar-refractivity contribution in [2.24, 2.45) is 5.41 Å². The molecule has 2 rings (SSSR count). The summed E-state index contributed by atoms with van der Waals surface area (Å²) in [6.07, 6.45) is 3.34. The Morgan fingerprint density at radius 1 is 1.00 bits per heavy atom. The fraction of sp³-hybridized carbons (Fsp3) is 0.478. The van der Waals surface area contributed by atoms with E-state index in [9.17, 15) is 0 Å². The summed E-state index contributed by atoms with van der Waals surface area (Å²) in [6, 6.07) is 17.1. The SMILES string of the molecule is Cc1ccc(C)c(OCCCC(C)(C)CNCCc2ccccc2)c1. The molecule has 0 aliphatic carbocycles. The molecule has 0 atom stereocenters. The van der Waals surface area contributed by atoms with E-state index in [4.69, 9.17) is 4.74 Å². The molecule has 0 radical (unpaired) electrons. The van der Waals surface area contributed by atoms with E-state index < -0.39 is 0 Å². The van der Waals surface area contributed by atoms with Gasteiger partial charge in [-0.2, -0.15) is 0 Å². The van der Waals surface area contributed by atoms with Crippen molar-refractivity contribution in [3.05, 3.63) is 65.2 Å². The second-order valence-electron chi connectivity index (χ2n) is 7.80. The quantitative estimate of drug-likeness (QED) is 0.591. The van der Waals surface area contributed by atoms with Crippen molar-refractivity contribution in [2.45, 2.75) is 47.0 Å². The van der Waals surface area contributed by atoms with Crippen molar-refractivity contribution in [3.8, 4) is 5.75 Å². The van der Waals surface area contributed by atoms with Gasteiger partial charge in [0.1, 0.15) is 5.75 Å². The number of benzene rings is 2. The van der Waals surface area contributed by atoms with Gasteiger partial charge in [-0.3, -0.25) is 0 Å². The van der Waals surface area contributed by atoms with E-state index in [1.807, 2.05) is 0 Å². The van der Waals surface area contributed by atoms with Crippen LogP contribution in [0.25, 0.3) is 0 Å². The van der Waals surface area contributed by atoms with Crippen molar-refractivity contribution in [1.29, 1.82) is 0 Å². The Balaban J connectivity index is 1.63. The maximum atomic E-state index is 5.98. The molecule has 0 aliphatic heterocycles. The van der Waals surface area contributed by atoms with E-state index in [1.54, 1.807) is 0 Å². The summed E-state index contributed by atoms with van der Waals surface area (Å²) in [7, 11) is 0. The largest absolute Gasteiger partial charge is 0.493 e. The summed E-state index contributed by atoms with van der Waals surface area (Å²) >= 11 is 0. The summed E-state index contributed by atoms with van der Waals surface area (Å²) in [5.74, 6) is 1.03. The number of ether oxygens (including phenoxy) is 1. The topological polar surface area (TPSA) is 21.3 Å². The molecule has 0 saturated carbocycles. The Labute approximate surface area is 153 Å². The number of nitrogens with one attached hydrogen (secondary N) is 1. The molecule has 2 aromatic rings. The first-order valence-corrected chi connectivity index (χ1v) is 9.41. The van der Waals surface area contributed by atoms with Crippen molar-refractivity contribution in [1.82, 2.24) is 5.32 Å². The van der Waals surface area contributed by atoms with Crippen molar-refractivity contribution in [2.75, 3.05) is 19.7 Å². The Bertz CT molecular complexity index is 634. The minimum absolute atomic E-state index is 0.293. The van der Waals surface area contributed by atoms with Gasteiger partial charge in [-0.05, 0) is 67.8 Å². The number of aryl methyl sites for hydroxylation is 2. The van der Waals surface area contributed by atoms with Crippen molar-refractivity contribution >= 4 is 0 Å². The highest BCUT2D eigenvalue weighted by molar-refractivity contribution is 5.35. The lowest BCUT2D eigenvalue weighted by Gasteiger charge is -2.25. The molecule has 136 valence electrons. The highest BCUT2D eigenvalue weighted by atomic mass is 16.5. The second-order valence-corrected chi connectivity index (χ2v) is 7.80. The van der Waals surface area contributed by atoms with Crippen LogP contribution in [0.1, 0.15) is 43.4 Å². The van der Waals surface area contributed by atoms with Gasteiger partial charge < -0.3 is 10.1 Å². The molecule has 0 heterocycles. The molecule has 0 unspecified atom stereocenters. The van der Waals surface area contributed by atoms with Crippen LogP contribution < -0.4 is 10.1 Å². The molecular formula is C23H33NO. The number of hydrogen-bond donors (Lipinski definition) is 1. The Morgan fingerprint density at radius 3 is 2.52 bits per heavy atom. The molecule has 2 aromatic carbocycles. The molecule has 2 nitrogen and oxygen atoms in total. The Morgan fingerprint density at radius 2 is 1.76 bits per heavy atom. The second kappa shape index (κ2) is 9.62. The summed E-state index contributed by atoms with van der Waals surface area (Å²) in [5.41, 5.74) is 4.16. The molecule has 0 spiro atoms. The lowest BCUT2D eigenvalue weighted by atomic mass is 9.88. The van der Waals surface area contributed by atoms with Gasteiger partial charge in [-0.1, -0.05) is 56.3 Å².